The van der Waals surface area contributed by atoms with Gasteiger partial charge in [-0.1, -0.05) is 12.1 Å². The summed E-state index contributed by atoms with van der Waals surface area (Å²) in [4.78, 5) is 11.9. The van der Waals surface area contributed by atoms with E-state index in [2.05, 4.69) is 15.5 Å². The van der Waals surface area contributed by atoms with Crippen molar-refractivity contribution in [1.29, 1.82) is 0 Å². The standard InChI is InChI=1S/C13H17N5O/c1-18-9-16-17-12(18)8-15-13(19)11-4-2-10(3-5-11)6-7-14/h2-5,9H,6-8,14H2,1H3,(H,15,19). The Balaban J connectivity index is 1.94. The minimum Gasteiger partial charge on any atom is -0.345 e. The lowest BCUT2D eigenvalue weighted by Crippen LogP contribution is -2.24. The number of benzene rings is 1. The summed E-state index contributed by atoms with van der Waals surface area (Å²) in [6.45, 7) is 0.970. The van der Waals surface area contributed by atoms with E-state index in [4.69, 9.17) is 5.73 Å². The van der Waals surface area contributed by atoms with Gasteiger partial charge < -0.3 is 15.6 Å². The summed E-state index contributed by atoms with van der Waals surface area (Å²) < 4.78 is 1.77. The third-order valence-electron chi connectivity index (χ3n) is 2.86. The van der Waals surface area contributed by atoms with Crippen LogP contribution in [0, 0.1) is 0 Å². The van der Waals surface area contributed by atoms with Crippen molar-refractivity contribution in [2.24, 2.45) is 12.8 Å². The number of amides is 1. The second kappa shape index (κ2) is 6.10. The lowest BCUT2D eigenvalue weighted by Gasteiger charge is -2.05. The Bertz CT molecular complexity index is 546. The summed E-state index contributed by atoms with van der Waals surface area (Å²) in [7, 11) is 1.84. The minimum atomic E-state index is -0.123. The quantitative estimate of drug-likeness (QED) is 0.805. The third kappa shape index (κ3) is 3.38. The first-order valence-electron chi connectivity index (χ1n) is 6.11. The van der Waals surface area contributed by atoms with E-state index >= 15 is 0 Å². The zero-order valence-corrected chi connectivity index (χ0v) is 10.8. The van der Waals surface area contributed by atoms with E-state index in [9.17, 15) is 4.79 Å². The number of nitrogens with two attached hydrogens (primary N) is 1. The highest BCUT2D eigenvalue weighted by molar-refractivity contribution is 5.94. The Morgan fingerprint density at radius 3 is 2.68 bits per heavy atom. The number of rotatable bonds is 5. The Kier molecular flexibility index (Phi) is 4.25. The van der Waals surface area contributed by atoms with E-state index in [1.54, 1.807) is 23.0 Å². The van der Waals surface area contributed by atoms with Crippen LogP contribution < -0.4 is 11.1 Å². The predicted octanol–water partition coefficient (Wildman–Crippen LogP) is 0.246. The predicted molar refractivity (Wildman–Crippen MR) is 71.4 cm³/mol. The van der Waals surface area contributed by atoms with E-state index < -0.39 is 0 Å². The van der Waals surface area contributed by atoms with Crippen molar-refractivity contribution in [3.63, 3.8) is 0 Å². The van der Waals surface area contributed by atoms with Crippen LogP contribution in [0.2, 0.25) is 0 Å². The summed E-state index contributed by atoms with van der Waals surface area (Å²) in [5, 5.41) is 10.5. The maximum atomic E-state index is 11.9. The number of aromatic nitrogens is 3. The van der Waals surface area contributed by atoms with Crippen LogP contribution >= 0.6 is 0 Å². The molecule has 0 bridgehead atoms. The van der Waals surface area contributed by atoms with E-state index in [0.29, 0.717) is 24.5 Å². The molecule has 0 saturated heterocycles. The first-order chi connectivity index (χ1) is 9.20. The second-order valence-corrected chi connectivity index (χ2v) is 4.28. The van der Waals surface area contributed by atoms with Gasteiger partial charge >= 0.3 is 0 Å². The van der Waals surface area contributed by atoms with Crippen molar-refractivity contribution in [3.8, 4) is 0 Å². The molecule has 6 heteroatoms. The van der Waals surface area contributed by atoms with Gasteiger partial charge in [-0.3, -0.25) is 4.79 Å². The Labute approximate surface area is 111 Å². The minimum absolute atomic E-state index is 0.123. The number of carbonyl (C=O) groups is 1. The molecule has 2 aromatic rings. The summed E-state index contributed by atoms with van der Waals surface area (Å²) in [5.74, 6) is 0.593. The van der Waals surface area contributed by atoms with Crippen molar-refractivity contribution in [1.82, 2.24) is 20.1 Å². The van der Waals surface area contributed by atoms with Crippen molar-refractivity contribution < 1.29 is 4.79 Å². The number of hydrogen-bond donors (Lipinski definition) is 2. The van der Waals surface area contributed by atoms with Gasteiger partial charge in [0, 0.05) is 12.6 Å². The summed E-state index contributed by atoms with van der Waals surface area (Å²) in [6.07, 6.45) is 2.42. The molecular formula is C13H17N5O. The molecule has 2 rings (SSSR count). The molecule has 0 aliphatic rings. The lowest BCUT2D eigenvalue weighted by molar-refractivity contribution is 0.0949. The highest BCUT2D eigenvalue weighted by Gasteiger charge is 2.07. The lowest BCUT2D eigenvalue weighted by atomic mass is 10.1. The normalized spacial score (nSPS) is 10.4. The first-order valence-corrected chi connectivity index (χ1v) is 6.11. The largest absolute Gasteiger partial charge is 0.345 e. The molecule has 1 amide bonds. The van der Waals surface area contributed by atoms with Gasteiger partial charge in [0.25, 0.3) is 5.91 Å². The molecule has 0 saturated carbocycles. The summed E-state index contributed by atoms with van der Waals surface area (Å²) in [6, 6.07) is 7.45. The average Bonchev–Trinajstić information content (AvgIpc) is 2.83. The fourth-order valence-electron chi connectivity index (χ4n) is 1.72. The molecule has 0 fully saturated rings. The second-order valence-electron chi connectivity index (χ2n) is 4.28. The smallest absolute Gasteiger partial charge is 0.251 e. The molecule has 0 aliphatic heterocycles. The molecule has 1 aromatic carbocycles. The van der Waals surface area contributed by atoms with Crippen LogP contribution in [0.1, 0.15) is 21.7 Å². The van der Waals surface area contributed by atoms with Gasteiger partial charge in [-0.15, -0.1) is 10.2 Å². The zero-order valence-electron chi connectivity index (χ0n) is 10.8. The number of nitrogens with one attached hydrogen (secondary N) is 1. The van der Waals surface area contributed by atoms with Crippen molar-refractivity contribution in [2.45, 2.75) is 13.0 Å². The monoisotopic (exact) mass is 259 g/mol. The van der Waals surface area contributed by atoms with Crippen molar-refractivity contribution in [2.75, 3.05) is 6.54 Å². The molecule has 0 aliphatic carbocycles. The molecule has 1 aromatic heterocycles. The zero-order chi connectivity index (χ0) is 13.7. The Morgan fingerprint density at radius 1 is 1.37 bits per heavy atom. The van der Waals surface area contributed by atoms with Gasteiger partial charge in [-0.05, 0) is 30.7 Å². The fraction of sp³-hybridized carbons (Fsp3) is 0.308. The molecule has 0 atom stereocenters. The van der Waals surface area contributed by atoms with E-state index in [0.717, 1.165) is 12.0 Å². The molecular weight excluding hydrogens is 242 g/mol. The first kappa shape index (κ1) is 13.2. The number of nitrogens with zero attached hydrogens (tertiary/aromatic N) is 3. The van der Waals surface area contributed by atoms with Gasteiger partial charge in [-0.25, -0.2) is 0 Å². The molecule has 0 spiro atoms. The third-order valence-corrected chi connectivity index (χ3v) is 2.86. The van der Waals surface area contributed by atoms with Gasteiger partial charge in [0.1, 0.15) is 6.33 Å². The van der Waals surface area contributed by atoms with Crippen LogP contribution in [-0.4, -0.2) is 27.2 Å². The van der Waals surface area contributed by atoms with Crippen molar-refractivity contribution in [3.05, 3.63) is 47.5 Å². The number of hydrogen-bond acceptors (Lipinski definition) is 4. The molecule has 0 radical (unpaired) electrons. The van der Waals surface area contributed by atoms with Crippen LogP contribution in [0.3, 0.4) is 0 Å². The van der Waals surface area contributed by atoms with E-state index in [1.165, 1.54) is 0 Å². The maximum Gasteiger partial charge on any atom is 0.251 e. The number of carbonyl (C=O) groups excluding carboxylic acids is 1. The topological polar surface area (TPSA) is 85.8 Å². The summed E-state index contributed by atoms with van der Waals surface area (Å²) >= 11 is 0. The van der Waals surface area contributed by atoms with E-state index in [-0.39, 0.29) is 5.91 Å². The Morgan fingerprint density at radius 2 is 2.11 bits per heavy atom. The van der Waals surface area contributed by atoms with Crippen LogP contribution in [0.5, 0.6) is 0 Å². The van der Waals surface area contributed by atoms with E-state index in [1.807, 2.05) is 19.2 Å². The highest BCUT2D eigenvalue weighted by Crippen LogP contribution is 2.05. The van der Waals surface area contributed by atoms with Gasteiger partial charge in [-0.2, -0.15) is 0 Å². The molecule has 3 N–H and O–H groups in total. The molecule has 19 heavy (non-hydrogen) atoms. The van der Waals surface area contributed by atoms with Crippen LogP contribution in [0.25, 0.3) is 0 Å². The molecule has 1 heterocycles. The van der Waals surface area contributed by atoms with Crippen molar-refractivity contribution >= 4 is 5.91 Å². The Hall–Kier alpha value is -2.21. The number of aryl methyl sites for hydroxylation is 1. The van der Waals surface area contributed by atoms with Gasteiger partial charge in [0.05, 0.1) is 6.54 Å². The molecule has 0 unspecified atom stereocenters. The molecule has 6 nitrogen and oxygen atoms in total. The average molecular weight is 259 g/mol. The van der Waals surface area contributed by atoms with Crippen LogP contribution in [0.4, 0.5) is 0 Å². The highest BCUT2D eigenvalue weighted by atomic mass is 16.1. The molecule has 100 valence electrons. The fourth-order valence-corrected chi connectivity index (χ4v) is 1.72. The van der Waals surface area contributed by atoms with Crippen LogP contribution in [-0.2, 0) is 20.0 Å². The summed E-state index contributed by atoms with van der Waals surface area (Å²) in [5.41, 5.74) is 7.24. The van der Waals surface area contributed by atoms with Gasteiger partial charge in [0.2, 0.25) is 0 Å². The maximum absolute atomic E-state index is 11.9. The van der Waals surface area contributed by atoms with Crippen LogP contribution in [0.15, 0.2) is 30.6 Å². The SMILES string of the molecule is Cn1cnnc1CNC(=O)c1ccc(CCN)cc1. The van der Waals surface area contributed by atoms with Gasteiger partial charge in [0.15, 0.2) is 5.82 Å².